The smallest absolute Gasteiger partial charge is 0.249 e. The molecule has 7 nitrogen and oxygen atoms in total. The second-order valence-corrected chi connectivity index (χ2v) is 5.52. The lowest BCUT2D eigenvalue weighted by molar-refractivity contribution is -0.155. The summed E-state index contributed by atoms with van der Waals surface area (Å²) in [5.41, 5.74) is 0.807. The van der Waals surface area contributed by atoms with Crippen LogP contribution in [-0.4, -0.2) is 56.7 Å². The zero-order valence-electron chi connectivity index (χ0n) is 14.3. The summed E-state index contributed by atoms with van der Waals surface area (Å²) in [4.78, 5) is 26.1. The predicted molar refractivity (Wildman–Crippen MR) is 88.0 cm³/mol. The topological polar surface area (TPSA) is 77.1 Å². The van der Waals surface area contributed by atoms with E-state index in [1.54, 1.807) is 31.3 Å². The SMILES string of the molecule is CCCNC(=O)[C@@H]1COCC(=O)N1Cc1ccc(OC)cc1OC. The molecule has 1 fully saturated rings. The predicted octanol–water partition coefficient (Wildman–Crippen LogP) is 0.957. The molecule has 1 heterocycles. The summed E-state index contributed by atoms with van der Waals surface area (Å²) in [6, 6.07) is 4.76. The first-order chi connectivity index (χ1) is 11.6. The number of hydrogen-bond donors (Lipinski definition) is 1. The van der Waals surface area contributed by atoms with Crippen LogP contribution < -0.4 is 14.8 Å². The second-order valence-electron chi connectivity index (χ2n) is 5.52. The fourth-order valence-electron chi connectivity index (χ4n) is 2.55. The minimum atomic E-state index is -0.635. The lowest BCUT2D eigenvalue weighted by Gasteiger charge is -2.34. The summed E-state index contributed by atoms with van der Waals surface area (Å²) >= 11 is 0. The fraction of sp³-hybridized carbons (Fsp3) is 0.529. The molecule has 0 radical (unpaired) electrons. The van der Waals surface area contributed by atoms with Crippen LogP contribution in [0.4, 0.5) is 0 Å². The lowest BCUT2D eigenvalue weighted by Crippen LogP contribution is -2.56. The maximum atomic E-state index is 12.3. The van der Waals surface area contributed by atoms with Crippen LogP contribution in [0.1, 0.15) is 18.9 Å². The number of nitrogens with one attached hydrogen (secondary N) is 1. The number of benzene rings is 1. The van der Waals surface area contributed by atoms with Crippen LogP contribution in [-0.2, 0) is 20.9 Å². The maximum Gasteiger partial charge on any atom is 0.249 e. The van der Waals surface area contributed by atoms with Gasteiger partial charge in [0.1, 0.15) is 24.1 Å². The number of rotatable bonds is 7. The molecule has 0 bridgehead atoms. The summed E-state index contributed by atoms with van der Waals surface area (Å²) in [5.74, 6) is 0.871. The molecule has 1 aliphatic heterocycles. The number of ether oxygens (including phenoxy) is 3. The van der Waals surface area contributed by atoms with Gasteiger partial charge < -0.3 is 24.4 Å². The van der Waals surface area contributed by atoms with Crippen LogP contribution in [0.25, 0.3) is 0 Å². The zero-order chi connectivity index (χ0) is 17.5. The van der Waals surface area contributed by atoms with Gasteiger partial charge in [-0.3, -0.25) is 9.59 Å². The number of carbonyl (C=O) groups is 2. The molecule has 0 aliphatic carbocycles. The molecule has 1 aromatic carbocycles. The molecule has 24 heavy (non-hydrogen) atoms. The molecule has 132 valence electrons. The Kier molecular flexibility index (Phi) is 6.43. The maximum absolute atomic E-state index is 12.3. The van der Waals surface area contributed by atoms with Gasteiger partial charge in [-0.05, 0) is 18.6 Å². The quantitative estimate of drug-likeness (QED) is 0.802. The minimum Gasteiger partial charge on any atom is -0.497 e. The van der Waals surface area contributed by atoms with E-state index < -0.39 is 6.04 Å². The van der Waals surface area contributed by atoms with Gasteiger partial charge in [-0.15, -0.1) is 0 Å². The van der Waals surface area contributed by atoms with Crippen molar-refractivity contribution < 1.29 is 23.8 Å². The molecule has 0 unspecified atom stereocenters. The van der Waals surface area contributed by atoms with Crippen molar-refractivity contribution in [3.05, 3.63) is 23.8 Å². The van der Waals surface area contributed by atoms with Crippen LogP contribution in [0.15, 0.2) is 18.2 Å². The summed E-state index contributed by atoms with van der Waals surface area (Å²) in [6.07, 6.45) is 0.833. The van der Waals surface area contributed by atoms with Gasteiger partial charge in [0, 0.05) is 18.2 Å². The standard InChI is InChI=1S/C17H24N2O5/c1-4-7-18-17(21)14-10-24-11-16(20)19(14)9-12-5-6-13(22-2)8-15(12)23-3/h5-6,8,14H,4,7,9-11H2,1-3H3,(H,18,21)/t14-/m0/s1. The third-order valence-electron chi connectivity index (χ3n) is 3.88. The molecule has 1 saturated heterocycles. The molecule has 0 saturated carbocycles. The van der Waals surface area contributed by atoms with Crippen molar-refractivity contribution in [1.29, 1.82) is 0 Å². The first kappa shape index (κ1) is 18.1. The fourth-order valence-corrected chi connectivity index (χ4v) is 2.55. The Balaban J connectivity index is 2.20. The average Bonchev–Trinajstić information content (AvgIpc) is 2.61. The number of morpholine rings is 1. The highest BCUT2D eigenvalue weighted by molar-refractivity contribution is 5.89. The van der Waals surface area contributed by atoms with Gasteiger partial charge in [0.15, 0.2) is 0 Å². The third kappa shape index (κ3) is 4.17. The molecule has 1 aliphatic rings. The minimum absolute atomic E-state index is 0.0178. The number of amides is 2. The van der Waals surface area contributed by atoms with Gasteiger partial charge in [0.05, 0.1) is 27.4 Å². The largest absolute Gasteiger partial charge is 0.497 e. The third-order valence-corrected chi connectivity index (χ3v) is 3.88. The Morgan fingerprint density at radius 3 is 2.83 bits per heavy atom. The van der Waals surface area contributed by atoms with Gasteiger partial charge in [-0.2, -0.15) is 0 Å². The van der Waals surface area contributed by atoms with Crippen LogP contribution >= 0.6 is 0 Å². The molecule has 1 N–H and O–H groups in total. The van der Waals surface area contributed by atoms with Crippen LogP contribution in [0.5, 0.6) is 11.5 Å². The number of nitrogens with zero attached hydrogens (tertiary/aromatic N) is 1. The van der Waals surface area contributed by atoms with E-state index in [4.69, 9.17) is 14.2 Å². The normalized spacial score (nSPS) is 17.5. The molecule has 7 heteroatoms. The van der Waals surface area contributed by atoms with Crippen molar-refractivity contribution in [1.82, 2.24) is 10.2 Å². The van der Waals surface area contributed by atoms with E-state index in [1.807, 2.05) is 13.0 Å². The Morgan fingerprint density at radius 2 is 2.17 bits per heavy atom. The van der Waals surface area contributed by atoms with E-state index in [-0.39, 0.29) is 31.6 Å². The highest BCUT2D eigenvalue weighted by Gasteiger charge is 2.34. The van der Waals surface area contributed by atoms with Crippen molar-refractivity contribution in [3.63, 3.8) is 0 Å². The van der Waals surface area contributed by atoms with E-state index in [0.717, 1.165) is 12.0 Å². The first-order valence-electron chi connectivity index (χ1n) is 7.96. The Morgan fingerprint density at radius 1 is 1.38 bits per heavy atom. The van der Waals surface area contributed by atoms with Crippen molar-refractivity contribution in [3.8, 4) is 11.5 Å². The Bertz CT molecular complexity index is 590. The van der Waals surface area contributed by atoms with Gasteiger partial charge in [0.2, 0.25) is 11.8 Å². The average molecular weight is 336 g/mol. The van der Waals surface area contributed by atoms with E-state index in [2.05, 4.69) is 5.32 Å². The van der Waals surface area contributed by atoms with Crippen molar-refractivity contribution >= 4 is 11.8 Å². The molecule has 0 spiro atoms. The summed E-state index contributed by atoms with van der Waals surface area (Å²) in [6.45, 7) is 3.00. The number of methoxy groups -OCH3 is 2. The van der Waals surface area contributed by atoms with Crippen LogP contribution in [0.2, 0.25) is 0 Å². The highest BCUT2D eigenvalue weighted by atomic mass is 16.5. The lowest BCUT2D eigenvalue weighted by atomic mass is 10.1. The van der Waals surface area contributed by atoms with E-state index in [9.17, 15) is 9.59 Å². The van der Waals surface area contributed by atoms with E-state index in [1.165, 1.54) is 0 Å². The summed E-state index contributed by atoms with van der Waals surface area (Å²) in [5, 5.41) is 2.82. The van der Waals surface area contributed by atoms with Crippen molar-refractivity contribution in [2.75, 3.05) is 34.0 Å². The molecular weight excluding hydrogens is 312 g/mol. The van der Waals surface area contributed by atoms with E-state index in [0.29, 0.717) is 18.0 Å². The first-order valence-corrected chi connectivity index (χ1v) is 7.96. The molecule has 1 aromatic rings. The molecule has 2 rings (SSSR count). The second kappa shape index (κ2) is 8.54. The van der Waals surface area contributed by atoms with Crippen LogP contribution in [0.3, 0.4) is 0 Å². The van der Waals surface area contributed by atoms with Gasteiger partial charge in [-0.25, -0.2) is 0 Å². The summed E-state index contributed by atoms with van der Waals surface area (Å²) < 4.78 is 15.8. The summed E-state index contributed by atoms with van der Waals surface area (Å²) in [7, 11) is 3.14. The monoisotopic (exact) mass is 336 g/mol. The molecule has 2 amide bonds. The highest BCUT2D eigenvalue weighted by Crippen LogP contribution is 2.27. The molecule has 1 atom stereocenters. The zero-order valence-corrected chi connectivity index (χ0v) is 14.3. The van der Waals surface area contributed by atoms with Crippen molar-refractivity contribution in [2.24, 2.45) is 0 Å². The number of hydrogen-bond acceptors (Lipinski definition) is 5. The van der Waals surface area contributed by atoms with Gasteiger partial charge >= 0.3 is 0 Å². The van der Waals surface area contributed by atoms with Gasteiger partial charge in [0.25, 0.3) is 0 Å². The van der Waals surface area contributed by atoms with Crippen molar-refractivity contribution in [2.45, 2.75) is 25.9 Å². The van der Waals surface area contributed by atoms with E-state index >= 15 is 0 Å². The number of carbonyl (C=O) groups excluding carboxylic acids is 2. The van der Waals surface area contributed by atoms with Gasteiger partial charge in [-0.1, -0.05) is 6.92 Å². The van der Waals surface area contributed by atoms with Crippen LogP contribution in [0, 0.1) is 0 Å². The molecular formula is C17H24N2O5. The molecule has 0 aromatic heterocycles. The Labute approximate surface area is 141 Å². The Hall–Kier alpha value is -2.28.